The minimum atomic E-state index is -0.585. The highest BCUT2D eigenvalue weighted by Gasteiger charge is 2.25. The zero-order valence-electron chi connectivity index (χ0n) is 16.6. The van der Waals surface area contributed by atoms with Crippen LogP contribution in [0.25, 0.3) is 0 Å². The molecule has 1 atom stereocenters. The molecule has 0 bridgehead atoms. The first-order valence-electron chi connectivity index (χ1n) is 9.56. The summed E-state index contributed by atoms with van der Waals surface area (Å²) in [6.45, 7) is 6.24. The maximum absolute atomic E-state index is 12.7. The van der Waals surface area contributed by atoms with E-state index in [-0.39, 0.29) is 28.2 Å². The summed E-state index contributed by atoms with van der Waals surface area (Å²) in [6.07, 6.45) is 0. The predicted molar refractivity (Wildman–Crippen MR) is 113 cm³/mol. The number of benzene rings is 2. The number of nitro benzene ring substituents is 1. The van der Waals surface area contributed by atoms with Crippen molar-refractivity contribution < 1.29 is 9.72 Å². The van der Waals surface area contributed by atoms with Crippen molar-refractivity contribution in [2.45, 2.75) is 13.0 Å². The molecule has 1 fully saturated rings. The van der Waals surface area contributed by atoms with Crippen LogP contribution in [0.3, 0.4) is 0 Å². The Hall–Kier alpha value is -2.48. The summed E-state index contributed by atoms with van der Waals surface area (Å²) in [4.78, 5) is 27.8. The lowest BCUT2D eigenvalue weighted by atomic mass is 10.0. The van der Waals surface area contributed by atoms with Gasteiger partial charge in [-0.05, 0) is 31.7 Å². The second-order valence-electron chi connectivity index (χ2n) is 7.40. The molecular formula is C21H25ClN4O3. The van der Waals surface area contributed by atoms with Crippen molar-refractivity contribution in [2.75, 3.05) is 39.8 Å². The van der Waals surface area contributed by atoms with Gasteiger partial charge in [0, 0.05) is 44.4 Å². The van der Waals surface area contributed by atoms with Gasteiger partial charge in [-0.1, -0.05) is 41.4 Å². The van der Waals surface area contributed by atoms with Gasteiger partial charge >= 0.3 is 0 Å². The molecule has 0 aromatic heterocycles. The Balaban J connectivity index is 1.75. The molecule has 0 spiro atoms. The summed E-state index contributed by atoms with van der Waals surface area (Å²) < 4.78 is 0. The molecule has 8 heteroatoms. The molecule has 1 aliphatic heterocycles. The van der Waals surface area contributed by atoms with E-state index in [9.17, 15) is 14.9 Å². The third-order valence-electron chi connectivity index (χ3n) is 5.30. The van der Waals surface area contributed by atoms with Crippen molar-refractivity contribution in [2.24, 2.45) is 0 Å². The average molecular weight is 417 g/mol. The Labute approximate surface area is 175 Å². The number of piperazine rings is 1. The van der Waals surface area contributed by atoms with Crippen LogP contribution in [0.4, 0.5) is 5.69 Å². The highest BCUT2D eigenvalue weighted by atomic mass is 35.5. The summed E-state index contributed by atoms with van der Waals surface area (Å²) in [7, 11) is 2.10. The first-order valence-corrected chi connectivity index (χ1v) is 9.94. The second kappa shape index (κ2) is 9.35. The van der Waals surface area contributed by atoms with Gasteiger partial charge in [0.05, 0.1) is 11.0 Å². The van der Waals surface area contributed by atoms with Gasteiger partial charge in [0.15, 0.2) is 0 Å². The molecule has 0 radical (unpaired) electrons. The average Bonchev–Trinajstić information content (AvgIpc) is 2.70. The Morgan fingerprint density at radius 2 is 1.83 bits per heavy atom. The second-order valence-corrected chi connectivity index (χ2v) is 7.81. The summed E-state index contributed by atoms with van der Waals surface area (Å²) in [5, 5.41) is 14.0. The molecule has 2 aromatic carbocycles. The van der Waals surface area contributed by atoms with Gasteiger partial charge in [-0.25, -0.2) is 0 Å². The Morgan fingerprint density at radius 3 is 2.45 bits per heavy atom. The van der Waals surface area contributed by atoms with E-state index in [2.05, 4.69) is 46.4 Å². The Morgan fingerprint density at radius 1 is 1.17 bits per heavy atom. The minimum absolute atomic E-state index is 0.0153. The van der Waals surface area contributed by atoms with Crippen LogP contribution in [-0.2, 0) is 0 Å². The number of nitro groups is 1. The molecule has 1 N–H and O–H groups in total. The van der Waals surface area contributed by atoms with Crippen LogP contribution in [0, 0.1) is 17.0 Å². The Bertz CT molecular complexity index is 880. The van der Waals surface area contributed by atoms with E-state index in [0.29, 0.717) is 6.54 Å². The van der Waals surface area contributed by atoms with Crippen molar-refractivity contribution in [3.8, 4) is 0 Å². The number of rotatable bonds is 6. The number of nitrogens with one attached hydrogen (secondary N) is 1. The van der Waals surface area contributed by atoms with Gasteiger partial charge in [0.2, 0.25) is 0 Å². The lowest BCUT2D eigenvalue weighted by molar-refractivity contribution is -0.384. The smallest absolute Gasteiger partial charge is 0.288 e. The van der Waals surface area contributed by atoms with E-state index in [0.717, 1.165) is 31.7 Å². The van der Waals surface area contributed by atoms with E-state index in [1.165, 1.54) is 23.8 Å². The molecule has 1 unspecified atom stereocenters. The van der Waals surface area contributed by atoms with Crippen LogP contribution < -0.4 is 5.32 Å². The number of hydrogen-bond donors (Lipinski definition) is 1. The number of likely N-dealkylation sites (N-methyl/N-ethyl adjacent to an activating group) is 1. The molecular weight excluding hydrogens is 392 g/mol. The molecule has 1 amide bonds. The zero-order valence-corrected chi connectivity index (χ0v) is 17.4. The first-order chi connectivity index (χ1) is 13.8. The van der Waals surface area contributed by atoms with Crippen LogP contribution >= 0.6 is 11.6 Å². The summed E-state index contributed by atoms with van der Waals surface area (Å²) in [6, 6.07) is 12.5. The van der Waals surface area contributed by atoms with Crippen molar-refractivity contribution in [1.29, 1.82) is 0 Å². The fourth-order valence-corrected chi connectivity index (χ4v) is 3.65. The number of hydrogen-bond acceptors (Lipinski definition) is 5. The highest BCUT2D eigenvalue weighted by Crippen LogP contribution is 2.26. The summed E-state index contributed by atoms with van der Waals surface area (Å²) in [5.41, 5.74) is 2.28. The van der Waals surface area contributed by atoms with Crippen molar-refractivity contribution in [3.63, 3.8) is 0 Å². The first kappa shape index (κ1) is 21.2. The fraction of sp³-hybridized carbons (Fsp3) is 0.381. The predicted octanol–water partition coefficient (Wildman–Crippen LogP) is 3.28. The van der Waals surface area contributed by atoms with E-state index in [1.54, 1.807) is 0 Å². The molecule has 0 aliphatic carbocycles. The maximum atomic E-state index is 12.7. The molecule has 1 aliphatic rings. The third-order valence-corrected chi connectivity index (χ3v) is 5.62. The van der Waals surface area contributed by atoms with Gasteiger partial charge in [0.1, 0.15) is 5.02 Å². The van der Waals surface area contributed by atoms with Gasteiger partial charge in [0.25, 0.3) is 11.6 Å². The van der Waals surface area contributed by atoms with Crippen molar-refractivity contribution in [3.05, 3.63) is 74.3 Å². The number of aryl methyl sites for hydroxylation is 1. The summed E-state index contributed by atoms with van der Waals surface area (Å²) >= 11 is 5.85. The molecule has 1 saturated heterocycles. The maximum Gasteiger partial charge on any atom is 0.288 e. The van der Waals surface area contributed by atoms with Crippen LogP contribution in [0.1, 0.15) is 27.5 Å². The molecule has 3 rings (SSSR count). The highest BCUT2D eigenvalue weighted by molar-refractivity contribution is 6.32. The lowest BCUT2D eigenvalue weighted by Gasteiger charge is -2.38. The number of carbonyl (C=O) groups is 1. The zero-order chi connectivity index (χ0) is 21.0. The standard InChI is InChI=1S/C21H25ClN4O3/c1-15-3-5-16(6-4-15)20(25-11-9-24(2)10-12-25)14-23-21(27)17-7-8-18(22)19(13-17)26(28)29/h3-8,13,20H,9-12,14H2,1-2H3,(H,23,27). The summed E-state index contributed by atoms with van der Waals surface area (Å²) in [5.74, 6) is -0.351. The monoisotopic (exact) mass is 416 g/mol. The quantitative estimate of drug-likeness (QED) is 0.577. The molecule has 0 saturated carbocycles. The largest absolute Gasteiger partial charge is 0.350 e. The number of halogens is 1. The number of amides is 1. The normalized spacial score (nSPS) is 16.4. The molecule has 154 valence electrons. The van der Waals surface area contributed by atoms with Gasteiger partial charge in [-0.3, -0.25) is 19.8 Å². The molecule has 7 nitrogen and oxygen atoms in total. The third kappa shape index (κ3) is 5.32. The Kier molecular flexibility index (Phi) is 6.84. The van der Waals surface area contributed by atoms with Crippen LogP contribution in [0.5, 0.6) is 0 Å². The van der Waals surface area contributed by atoms with Gasteiger partial charge in [-0.2, -0.15) is 0 Å². The molecule has 29 heavy (non-hydrogen) atoms. The van der Waals surface area contributed by atoms with Crippen LogP contribution in [0.2, 0.25) is 5.02 Å². The SMILES string of the molecule is Cc1ccc(C(CNC(=O)c2ccc(Cl)c([N+](=O)[O-])c2)N2CCN(C)CC2)cc1. The number of nitrogens with zero attached hydrogens (tertiary/aromatic N) is 3. The molecule has 2 aromatic rings. The van der Waals surface area contributed by atoms with E-state index in [1.807, 2.05) is 6.92 Å². The lowest BCUT2D eigenvalue weighted by Crippen LogP contribution is -2.48. The van der Waals surface area contributed by atoms with Gasteiger partial charge in [-0.15, -0.1) is 0 Å². The van der Waals surface area contributed by atoms with Crippen molar-refractivity contribution in [1.82, 2.24) is 15.1 Å². The van der Waals surface area contributed by atoms with Crippen LogP contribution in [0.15, 0.2) is 42.5 Å². The van der Waals surface area contributed by atoms with E-state index >= 15 is 0 Å². The van der Waals surface area contributed by atoms with Crippen molar-refractivity contribution >= 4 is 23.2 Å². The van der Waals surface area contributed by atoms with Crippen LogP contribution in [-0.4, -0.2) is 60.4 Å². The molecule has 1 heterocycles. The topological polar surface area (TPSA) is 78.7 Å². The minimum Gasteiger partial charge on any atom is -0.350 e. The van der Waals surface area contributed by atoms with Gasteiger partial charge < -0.3 is 10.2 Å². The van der Waals surface area contributed by atoms with E-state index < -0.39 is 4.92 Å². The fourth-order valence-electron chi connectivity index (χ4n) is 3.47. The number of carbonyl (C=O) groups excluding carboxylic acids is 1. The van der Waals surface area contributed by atoms with E-state index in [4.69, 9.17) is 11.6 Å².